The van der Waals surface area contributed by atoms with Crippen molar-refractivity contribution in [3.05, 3.63) is 92.3 Å². The molecule has 4 aromatic rings. The average Bonchev–Trinajstić information content (AvgIpc) is 3.67. The van der Waals surface area contributed by atoms with Gasteiger partial charge in [-0.3, -0.25) is 14.4 Å². The molecule has 3 heterocycles. The third-order valence-corrected chi connectivity index (χ3v) is 9.21. The summed E-state index contributed by atoms with van der Waals surface area (Å²) in [7, 11) is 0. The van der Waals surface area contributed by atoms with E-state index in [1.807, 2.05) is 40.6 Å². The number of H-pyrrole nitrogens is 1. The van der Waals surface area contributed by atoms with Crippen LogP contribution in [0.4, 0.5) is 0 Å². The third-order valence-electron chi connectivity index (χ3n) is 8.10. The molecule has 3 amide bonds. The van der Waals surface area contributed by atoms with Crippen LogP contribution in [0.1, 0.15) is 62.2 Å². The summed E-state index contributed by atoms with van der Waals surface area (Å²) in [6.07, 6.45) is 2.41. The molecule has 0 saturated carbocycles. The monoisotopic (exact) mass is 560 g/mol. The first-order valence-corrected chi connectivity index (χ1v) is 14.4. The molecule has 2 aromatic heterocycles. The lowest BCUT2D eigenvalue weighted by molar-refractivity contribution is -0.131. The molecule has 6 rings (SSSR count). The Kier molecular flexibility index (Phi) is 6.69. The van der Waals surface area contributed by atoms with Crippen molar-refractivity contribution >= 4 is 51.6 Å². The summed E-state index contributed by atoms with van der Waals surface area (Å²) in [5.41, 5.74) is 4.80. The number of aromatic amines is 1. The van der Waals surface area contributed by atoms with Gasteiger partial charge in [0.05, 0.1) is 17.5 Å². The largest absolute Gasteiger partial charge is 0.350 e. The molecule has 1 atom stereocenters. The van der Waals surface area contributed by atoms with E-state index in [1.54, 1.807) is 6.07 Å². The number of aromatic nitrogens is 1. The zero-order chi connectivity index (χ0) is 27.1. The van der Waals surface area contributed by atoms with E-state index in [1.165, 1.54) is 16.9 Å². The molecule has 1 spiro atoms. The normalized spacial score (nSPS) is 17.8. The van der Waals surface area contributed by atoms with Crippen molar-refractivity contribution in [2.24, 2.45) is 0 Å². The van der Waals surface area contributed by atoms with E-state index < -0.39 is 0 Å². The number of likely N-dealkylation sites (tertiary alicyclic amines) is 1. The maximum atomic E-state index is 13.3. The molecule has 7 nitrogen and oxygen atoms in total. The fraction of sp³-hybridized carbons (Fsp3) is 0.300. The van der Waals surface area contributed by atoms with Crippen LogP contribution in [0.15, 0.2) is 60.0 Å². The van der Waals surface area contributed by atoms with Crippen molar-refractivity contribution in [3.8, 4) is 0 Å². The summed E-state index contributed by atoms with van der Waals surface area (Å²) in [5, 5.41) is 9.42. The molecule has 9 heteroatoms. The maximum absolute atomic E-state index is 13.3. The number of hydrogen-bond donors (Lipinski definition) is 3. The summed E-state index contributed by atoms with van der Waals surface area (Å²) in [6.45, 7) is 3.29. The standard InChI is InChI=1S/C30H29ClN4O3S/c1-18-4-7-22-21(13-18)25(34-28(37)24-14-19-5-6-20(31)15-23(19)33-24)16-30(22)8-10-35(11-9-30)27(36)17-32-29(38)26-3-2-12-39-26/h2-7,12-15,25,33H,8-11,16-17H2,1H3,(H,32,38)(H,34,37). The van der Waals surface area contributed by atoms with Crippen molar-refractivity contribution in [2.75, 3.05) is 19.6 Å². The summed E-state index contributed by atoms with van der Waals surface area (Å²) in [4.78, 5) is 44.1. The minimum absolute atomic E-state index is 0.00604. The second-order valence-corrected chi connectivity index (χ2v) is 11.9. The fourth-order valence-corrected chi connectivity index (χ4v) is 6.88. The molecule has 39 heavy (non-hydrogen) atoms. The van der Waals surface area contributed by atoms with Gasteiger partial charge in [0.2, 0.25) is 5.91 Å². The molecule has 1 unspecified atom stereocenters. The van der Waals surface area contributed by atoms with Gasteiger partial charge in [-0.1, -0.05) is 47.5 Å². The first-order valence-electron chi connectivity index (χ1n) is 13.1. The summed E-state index contributed by atoms with van der Waals surface area (Å²) >= 11 is 7.47. The van der Waals surface area contributed by atoms with Gasteiger partial charge in [-0.25, -0.2) is 0 Å². The quantitative estimate of drug-likeness (QED) is 0.307. The second kappa shape index (κ2) is 10.2. The number of thiophene rings is 1. The minimum atomic E-state index is -0.219. The zero-order valence-electron chi connectivity index (χ0n) is 21.6. The van der Waals surface area contributed by atoms with Crippen LogP contribution in [-0.2, 0) is 10.2 Å². The third kappa shape index (κ3) is 4.94. The van der Waals surface area contributed by atoms with Gasteiger partial charge in [-0.2, -0.15) is 0 Å². The Hall–Kier alpha value is -3.62. The Morgan fingerprint density at radius 2 is 1.90 bits per heavy atom. The molecule has 200 valence electrons. The molecular formula is C30H29ClN4O3S. The Balaban J connectivity index is 1.14. The number of halogens is 1. The highest BCUT2D eigenvalue weighted by Gasteiger charge is 2.46. The van der Waals surface area contributed by atoms with Crippen molar-refractivity contribution in [3.63, 3.8) is 0 Å². The number of hydrogen-bond acceptors (Lipinski definition) is 4. The smallest absolute Gasteiger partial charge is 0.268 e. The highest BCUT2D eigenvalue weighted by Crippen LogP contribution is 2.51. The van der Waals surface area contributed by atoms with Crippen molar-refractivity contribution in [1.29, 1.82) is 0 Å². The number of carbonyl (C=O) groups excluding carboxylic acids is 3. The number of amides is 3. The van der Waals surface area contributed by atoms with Crippen LogP contribution in [0.2, 0.25) is 5.02 Å². The van der Waals surface area contributed by atoms with Crippen LogP contribution in [0.5, 0.6) is 0 Å². The SMILES string of the molecule is Cc1ccc2c(c1)C(NC(=O)c1cc3ccc(Cl)cc3[nH]1)CC21CCN(C(=O)CNC(=O)c2cccs2)CC1. The van der Waals surface area contributed by atoms with Crippen LogP contribution in [0.3, 0.4) is 0 Å². The van der Waals surface area contributed by atoms with Crippen LogP contribution in [0.25, 0.3) is 10.9 Å². The molecule has 1 aliphatic heterocycles. The lowest BCUT2D eigenvalue weighted by atomic mass is 9.73. The van der Waals surface area contributed by atoms with Gasteiger partial charge in [0.15, 0.2) is 0 Å². The highest BCUT2D eigenvalue weighted by atomic mass is 35.5. The summed E-state index contributed by atoms with van der Waals surface area (Å²) in [5.74, 6) is -0.435. The number of aryl methyl sites for hydroxylation is 1. The first-order chi connectivity index (χ1) is 18.8. The van der Waals surface area contributed by atoms with Crippen LogP contribution in [-0.4, -0.2) is 47.2 Å². The first kappa shape index (κ1) is 25.6. The number of piperidine rings is 1. The number of carbonyl (C=O) groups is 3. The predicted octanol–water partition coefficient (Wildman–Crippen LogP) is 5.36. The molecule has 1 aliphatic carbocycles. The Morgan fingerprint density at radius 1 is 1.08 bits per heavy atom. The Morgan fingerprint density at radius 3 is 2.67 bits per heavy atom. The molecule has 2 aliphatic rings. The van der Waals surface area contributed by atoms with Crippen LogP contribution in [0, 0.1) is 6.92 Å². The number of nitrogens with one attached hydrogen (secondary N) is 3. The molecule has 0 radical (unpaired) electrons. The number of rotatable bonds is 5. The summed E-state index contributed by atoms with van der Waals surface area (Å²) < 4.78 is 0. The number of benzene rings is 2. The predicted molar refractivity (Wildman–Crippen MR) is 153 cm³/mol. The van der Waals surface area contributed by atoms with E-state index >= 15 is 0 Å². The van der Waals surface area contributed by atoms with E-state index in [2.05, 4.69) is 40.7 Å². The topological polar surface area (TPSA) is 94.3 Å². The number of fused-ring (bicyclic) bond motifs is 3. The lowest BCUT2D eigenvalue weighted by Gasteiger charge is -2.40. The average molecular weight is 561 g/mol. The fourth-order valence-electron chi connectivity index (χ4n) is 6.07. The molecule has 1 fully saturated rings. The van der Waals surface area contributed by atoms with Gasteiger partial charge in [0.25, 0.3) is 11.8 Å². The lowest BCUT2D eigenvalue weighted by Crippen LogP contribution is -2.48. The van der Waals surface area contributed by atoms with Crippen molar-refractivity contribution < 1.29 is 14.4 Å². The minimum Gasteiger partial charge on any atom is -0.350 e. The van der Waals surface area contributed by atoms with Gasteiger partial charge in [0.1, 0.15) is 5.69 Å². The highest BCUT2D eigenvalue weighted by molar-refractivity contribution is 7.12. The Labute approximate surface area is 235 Å². The van der Waals surface area contributed by atoms with Gasteiger partial charge < -0.3 is 20.5 Å². The van der Waals surface area contributed by atoms with E-state index in [0.717, 1.165) is 41.3 Å². The van der Waals surface area contributed by atoms with Gasteiger partial charge >= 0.3 is 0 Å². The number of nitrogens with zero attached hydrogens (tertiary/aromatic N) is 1. The molecule has 2 aromatic carbocycles. The van der Waals surface area contributed by atoms with Crippen molar-refractivity contribution in [2.45, 2.75) is 37.6 Å². The molecule has 1 saturated heterocycles. The molecular weight excluding hydrogens is 532 g/mol. The van der Waals surface area contributed by atoms with Gasteiger partial charge in [0, 0.05) is 34.4 Å². The van der Waals surface area contributed by atoms with E-state index in [0.29, 0.717) is 28.7 Å². The van der Waals surface area contributed by atoms with Crippen LogP contribution >= 0.6 is 22.9 Å². The van der Waals surface area contributed by atoms with E-state index in [9.17, 15) is 14.4 Å². The van der Waals surface area contributed by atoms with Crippen LogP contribution < -0.4 is 10.6 Å². The molecule has 0 bridgehead atoms. The van der Waals surface area contributed by atoms with E-state index in [4.69, 9.17) is 11.6 Å². The zero-order valence-corrected chi connectivity index (χ0v) is 23.1. The maximum Gasteiger partial charge on any atom is 0.268 e. The van der Waals surface area contributed by atoms with Gasteiger partial charge in [-0.05, 0) is 67.0 Å². The van der Waals surface area contributed by atoms with E-state index in [-0.39, 0.29) is 35.7 Å². The summed E-state index contributed by atoms with van der Waals surface area (Å²) in [6, 6.07) is 17.3. The second-order valence-electron chi connectivity index (χ2n) is 10.6. The molecule has 3 N–H and O–H groups in total. The Bertz CT molecular complexity index is 1570. The van der Waals surface area contributed by atoms with Gasteiger partial charge in [-0.15, -0.1) is 11.3 Å². The van der Waals surface area contributed by atoms with Crippen molar-refractivity contribution in [1.82, 2.24) is 20.5 Å².